The zero-order chi connectivity index (χ0) is 23.2. The van der Waals surface area contributed by atoms with Gasteiger partial charge in [-0.15, -0.1) is 0 Å². The molecular formula is C20H27F3N6O3. The Morgan fingerprint density at radius 3 is 2.53 bits per heavy atom. The van der Waals surface area contributed by atoms with E-state index in [2.05, 4.69) is 36.4 Å². The van der Waals surface area contributed by atoms with Crippen LogP contribution in [0.3, 0.4) is 0 Å². The summed E-state index contributed by atoms with van der Waals surface area (Å²) in [5, 5.41) is 7.12. The maximum absolute atomic E-state index is 10.6. The van der Waals surface area contributed by atoms with Crippen molar-refractivity contribution in [1.82, 2.24) is 24.4 Å². The minimum Gasteiger partial charge on any atom is -0.475 e. The molecule has 0 radical (unpaired) electrons. The second-order valence-corrected chi connectivity index (χ2v) is 8.09. The lowest BCUT2D eigenvalue weighted by Crippen LogP contribution is -2.50. The van der Waals surface area contributed by atoms with E-state index in [1.54, 1.807) is 0 Å². The van der Waals surface area contributed by atoms with Gasteiger partial charge in [-0.2, -0.15) is 13.2 Å². The van der Waals surface area contributed by atoms with Crippen LogP contribution in [0.1, 0.15) is 18.7 Å². The second-order valence-electron chi connectivity index (χ2n) is 8.09. The molecular weight excluding hydrogens is 429 g/mol. The maximum Gasteiger partial charge on any atom is 0.490 e. The molecule has 0 aliphatic carbocycles. The molecule has 2 aliphatic heterocycles. The van der Waals surface area contributed by atoms with Crippen molar-refractivity contribution < 1.29 is 27.8 Å². The van der Waals surface area contributed by atoms with Crippen molar-refractivity contribution >= 4 is 11.9 Å². The maximum atomic E-state index is 10.6. The molecule has 2 aliphatic rings. The Morgan fingerprint density at radius 2 is 1.91 bits per heavy atom. The summed E-state index contributed by atoms with van der Waals surface area (Å²) in [4.78, 5) is 27.1. The Balaban J connectivity index is 0.000000360. The first-order chi connectivity index (χ1) is 15.2. The number of piperidine rings is 1. The highest BCUT2D eigenvalue weighted by Crippen LogP contribution is 2.34. The molecule has 4 heterocycles. The molecule has 12 heteroatoms. The zero-order valence-corrected chi connectivity index (χ0v) is 17.8. The molecule has 4 rings (SSSR count). The van der Waals surface area contributed by atoms with Gasteiger partial charge in [0.15, 0.2) is 0 Å². The third-order valence-corrected chi connectivity index (χ3v) is 5.54. The van der Waals surface area contributed by atoms with Gasteiger partial charge in [0.05, 0.1) is 19.8 Å². The molecule has 1 atom stereocenters. The molecule has 176 valence electrons. The smallest absolute Gasteiger partial charge is 0.475 e. The van der Waals surface area contributed by atoms with Crippen molar-refractivity contribution in [3.63, 3.8) is 0 Å². The van der Waals surface area contributed by atoms with Gasteiger partial charge in [0.2, 0.25) is 5.95 Å². The highest BCUT2D eigenvalue weighted by atomic mass is 19.4. The number of anilines is 1. The molecule has 0 amide bonds. The van der Waals surface area contributed by atoms with Crippen molar-refractivity contribution in [2.45, 2.75) is 25.6 Å². The van der Waals surface area contributed by atoms with E-state index >= 15 is 0 Å². The van der Waals surface area contributed by atoms with Gasteiger partial charge in [-0.25, -0.2) is 19.7 Å². The molecule has 2 aromatic rings. The lowest BCUT2D eigenvalue weighted by Gasteiger charge is -2.43. The summed E-state index contributed by atoms with van der Waals surface area (Å²) in [6.07, 6.45) is 4.81. The summed E-state index contributed by atoms with van der Waals surface area (Å²) in [7, 11) is 2.06. The Kier molecular flexibility index (Phi) is 7.67. The SMILES string of the molecule is Cn1ccnc1CN1CCCC2(COCCN(c3ncccn3)C2)C1.O=C(O)C(F)(F)F. The van der Waals surface area contributed by atoms with Crippen LogP contribution in [0.15, 0.2) is 30.9 Å². The Labute approximate surface area is 183 Å². The number of halogens is 3. The molecule has 0 saturated carbocycles. The standard InChI is InChI=1S/C18H26N6O.C2HF3O2/c1-22-9-7-19-16(22)12-23-8-2-4-18(13-23)14-24(10-11-25-15-18)17-20-5-3-6-21-17;3-2(4,5)1(6)7/h3,5-7,9H,2,4,8,10-15H2,1H3;(H,6,7). The molecule has 1 N–H and O–H groups in total. The molecule has 2 saturated heterocycles. The second kappa shape index (κ2) is 10.3. The predicted octanol–water partition coefficient (Wildman–Crippen LogP) is 1.96. The Bertz CT molecular complexity index is 879. The van der Waals surface area contributed by atoms with Gasteiger partial charge in [-0.1, -0.05) is 0 Å². The lowest BCUT2D eigenvalue weighted by molar-refractivity contribution is -0.192. The van der Waals surface area contributed by atoms with E-state index in [1.165, 1.54) is 12.8 Å². The van der Waals surface area contributed by atoms with Crippen molar-refractivity contribution in [2.24, 2.45) is 12.5 Å². The fourth-order valence-electron chi connectivity index (χ4n) is 4.06. The number of nitrogens with zero attached hydrogens (tertiary/aromatic N) is 6. The molecule has 2 aromatic heterocycles. The number of rotatable bonds is 3. The lowest BCUT2D eigenvalue weighted by atomic mass is 9.80. The molecule has 1 spiro atoms. The number of ether oxygens (including phenoxy) is 1. The number of hydrogen-bond donors (Lipinski definition) is 1. The third-order valence-electron chi connectivity index (χ3n) is 5.54. The summed E-state index contributed by atoms with van der Waals surface area (Å²) in [6, 6.07) is 1.86. The Morgan fingerprint density at radius 1 is 1.19 bits per heavy atom. The van der Waals surface area contributed by atoms with Gasteiger partial charge < -0.3 is 19.3 Å². The summed E-state index contributed by atoms with van der Waals surface area (Å²) in [6.45, 7) is 6.40. The number of hydrogen-bond acceptors (Lipinski definition) is 7. The minimum absolute atomic E-state index is 0.138. The van der Waals surface area contributed by atoms with Crippen LogP contribution in [-0.4, -0.2) is 81.1 Å². The number of carbonyl (C=O) groups is 1. The van der Waals surface area contributed by atoms with Crippen LogP contribution in [0.4, 0.5) is 19.1 Å². The molecule has 1 unspecified atom stereocenters. The van der Waals surface area contributed by atoms with Gasteiger partial charge >= 0.3 is 12.1 Å². The number of carboxylic acids is 1. The number of aromatic nitrogens is 4. The van der Waals surface area contributed by atoms with Gasteiger partial charge in [0.1, 0.15) is 5.82 Å². The molecule has 9 nitrogen and oxygen atoms in total. The first-order valence-corrected chi connectivity index (χ1v) is 10.3. The Hall–Kier alpha value is -2.73. The van der Waals surface area contributed by atoms with Gasteiger partial charge in [-0.3, -0.25) is 4.90 Å². The number of likely N-dealkylation sites (tertiary alicyclic amines) is 1. The van der Waals surface area contributed by atoms with Crippen LogP contribution >= 0.6 is 0 Å². The number of carboxylic acid groups (broad SMARTS) is 1. The zero-order valence-electron chi connectivity index (χ0n) is 17.8. The summed E-state index contributed by atoms with van der Waals surface area (Å²) in [5.74, 6) is -0.823. The predicted molar refractivity (Wildman–Crippen MR) is 109 cm³/mol. The fraction of sp³-hybridized carbons (Fsp3) is 0.600. The monoisotopic (exact) mass is 456 g/mol. The van der Waals surface area contributed by atoms with E-state index < -0.39 is 12.1 Å². The van der Waals surface area contributed by atoms with Crippen molar-refractivity contribution in [3.05, 3.63) is 36.7 Å². The first kappa shape index (κ1) is 23.9. The van der Waals surface area contributed by atoms with Crippen LogP contribution < -0.4 is 4.90 Å². The summed E-state index contributed by atoms with van der Waals surface area (Å²) >= 11 is 0. The number of alkyl halides is 3. The van der Waals surface area contributed by atoms with E-state index in [4.69, 9.17) is 14.6 Å². The molecule has 0 aromatic carbocycles. The van der Waals surface area contributed by atoms with Crippen LogP contribution in [0.5, 0.6) is 0 Å². The molecule has 0 bridgehead atoms. The van der Waals surface area contributed by atoms with Gasteiger partial charge in [0.25, 0.3) is 0 Å². The van der Waals surface area contributed by atoms with Gasteiger partial charge in [0, 0.05) is 56.9 Å². The molecule has 2 fully saturated rings. The number of aryl methyl sites for hydroxylation is 1. The highest BCUT2D eigenvalue weighted by molar-refractivity contribution is 5.73. The average molecular weight is 456 g/mol. The largest absolute Gasteiger partial charge is 0.490 e. The normalized spacial score (nSPS) is 22.2. The number of imidazole rings is 1. The topological polar surface area (TPSA) is 96.6 Å². The average Bonchev–Trinajstić information content (AvgIpc) is 3.04. The van der Waals surface area contributed by atoms with Crippen molar-refractivity contribution in [1.29, 1.82) is 0 Å². The van der Waals surface area contributed by atoms with Crippen LogP contribution in [0, 0.1) is 5.41 Å². The highest BCUT2D eigenvalue weighted by Gasteiger charge is 2.40. The van der Waals surface area contributed by atoms with Crippen LogP contribution in [-0.2, 0) is 23.1 Å². The summed E-state index contributed by atoms with van der Waals surface area (Å²) < 4.78 is 39.8. The van der Waals surface area contributed by atoms with Crippen LogP contribution in [0.2, 0.25) is 0 Å². The summed E-state index contributed by atoms with van der Waals surface area (Å²) in [5.41, 5.74) is 0.138. The van der Waals surface area contributed by atoms with E-state index in [-0.39, 0.29) is 5.41 Å². The van der Waals surface area contributed by atoms with Crippen LogP contribution in [0.25, 0.3) is 0 Å². The quantitative estimate of drug-likeness (QED) is 0.749. The number of aliphatic carboxylic acids is 1. The van der Waals surface area contributed by atoms with Crippen molar-refractivity contribution in [3.8, 4) is 0 Å². The van der Waals surface area contributed by atoms with E-state index in [1.807, 2.05) is 30.9 Å². The van der Waals surface area contributed by atoms with Crippen molar-refractivity contribution in [2.75, 3.05) is 44.3 Å². The molecule has 32 heavy (non-hydrogen) atoms. The fourth-order valence-corrected chi connectivity index (χ4v) is 4.06. The first-order valence-electron chi connectivity index (χ1n) is 10.3. The van der Waals surface area contributed by atoms with Gasteiger partial charge in [-0.05, 0) is 25.5 Å². The van der Waals surface area contributed by atoms with E-state index in [0.29, 0.717) is 0 Å². The third kappa shape index (κ3) is 6.39. The van der Waals surface area contributed by atoms with E-state index in [0.717, 1.165) is 57.7 Å². The van der Waals surface area contributed by atoms with E-state index in [9.17, 15) is 13.2 Å². The minimum atomic E-state index is -5.08.